The van der Waals surface area contributed by atoms with Crippen LogP contribution < -0.4 is 15.1 Å². The summed E-state index contributed by atoms with van der Waals surface area (Å²) in [7, 11) is 0. The molecule has 1 unspecified atom stereocenters. The van der Waals surface area contributed by atoms with E-state index in [1.54, 1.807) is 23.1 Å². The molecule has 1 aliphatic heterocycles. The van der Waals surface area contributed by atoms with Crippen LogP contribution in [0.15, 0.2) is 69.9 Å². The number of benzene rings is 3. The minimum atomic E-state index is -0.651. The molecule has 5 rings (SSSR count). The Hall–Kier alpha value is -3.57. The molecule has 1 aliphatic rings. The number of halogens is 1. The highest BCUT2D eigenvalue weighted by Crippen LogP contribution is 2.42. The third-order valence-electron chi connectivity index (χ3n) is 7.04. The number of anilines is 1. The lowest BCUT2D eigenvalue weighted by molar-refractivity contribution is 0.0971. The van der Waals surface area contributed by atoms with Crippen molar-refractivity contribution in [3.63, 3.8) is 0 Å². The molecule has 0 saturated carbocycles. The lowest BCUT2D eigenvalue weighted by atomic mass is 9.97. The maximum atomic E-state index is 13.9. The average Bonchev–Trinajstić information content (AvgIpc) is 3.18. The standard InChI is InChI=1S/C31H30ClNO4/c1-4-5-6-7-15-36-24-13-11-21(12-14-24)28-27-29(34)25-16-19(2)20(3)17-26(25)37-30(27)31(35)33(28)23-10-8-9-22(32)18-23/h8-14,16-18,28H,4-7,15H2,1-3H3. The van der Waals surface area contributed by atoms with Gasteiger partial charge in [-0.2, -0.15) is 0 Å². The number of carbonyl (C=O) groups is 1. The number of ether oxygens (including phenoxy) is 1. The summed E-state index contributed by atoms with van der Waals surface area (Å²) >= 11 is 6.29. The van der Waals surface area contributed by atoms with Crippen LogP contribution in [0.25, 0.3) is 11.0 Å². The van der Waals surface area contributed by atoms with Crippen molar-refractivity contribution in [2.75, 3.05) is 11.5 Å². The molecule has 1 amide bonds. The molecular weight excluding hydrogens is 486 g/mol. The molecule has 0 N–H and O–H groups in total. The van der Waals surface area contributed by atoms with Crippen molar-refractivity contribution in [1.29, 1.82) is 0 Å². The Morgan fingerprint density at radius 3 is 2.43 bits per heavy atom. The summed E-state index contributed by atoms with van der Waals surface area (Å²) in [4.78, 5) is 29.2. The summed E-state index contributed by atoms with van der Waals surface area (Å²) in [6, 6.07) is 17.7. The van der Waals surface area contributed by atoms with Crippen LogP contribution in [-0.4, -0.2) is 12.5 Å². The molecule has 0 fully saturated rings. The van der Waals surface area contributed by atoms with Gasteiger partial charge >= 0.3 is 0 Å². The lowest BCUT2D eigenvalue weighted by Gasteiger charge is -2.25. The smallest absolute Gasteiger partial charge is 0.295 e. The molecule has 0 bridgehead atoms. The highest BCUT2D eigenvalue weighted by Gasteiger charge is 2.43. The highest BCUT2D eigenvalue weighted by molar-refractivity contribution is 6.31. The Bertz CT molecular complexity index is 1520. The molecule has 1 aromatic heterocycles. The Balaban J connectivity index is 1.59. The molecule has 0 aliphatic carbocycles. The largest absolute Gasteiger partial charge is 0.494 e. The number of fused-ring (bicyclic) bond motifs is 2. The molecule has 0 saturated heterocycles. The van der Waals surface area contributed by atoms with Gasteiger partial charge in [-0.3, -0.25) is 14.5 Å². The molecule has 6 heteroatoms. The summed E-state index contributed by atoms with van der Waals surface area (Å²) in [5.41, 5.74) is 3.94. The molecule has 0 radical (unpaired) electrons. The zero-order valence-electron chi connectivity index (χ0n) is 21.3. The Labute approximate surface area is 221 Å². The van der Waals surface area contributed by atoms with E-state index in [-0.39, 0.29) is 17.1 Å². The fourth-order valence-electron chi connectivity index (χ4n) is 4.90. The van der Waals surface area contributed by atoms with Crippen LogP contribution in [0.3, 0.4) is 0 Å². The van der Waals surface area contributed by atoms with Crippen LogP contribution >= 0.6 is 11.6 Å². The van der Waals surface area contributed by atoms with Gasteiger partial charge in [0.1, 0.15) is 11.3 Å². The third-order valence-corrected chi connectivity index (χ3v) is 7.27. The van der Waals surface area contributed by atoms with Gasteiger partial charge in [-0.15, -0.1) is 0 Å². The van der Waals surface area contributed by atoms with Crippen molar-refractivity contribution < 1.29 is 13.9 Å². The quantitative estimate of drug-likeness (QED) is 0.225. The van der Waals surface area contributed by atoms with Crippen LogP contribution in [0, 0.1) is 13.8 Å². The normalized spacial score (nSPS) is 14.9. The van der Waals surface area contributed by atoms with E-state index in [1.807, 2.05) is 56.3 Å². The monoisotopic (exact) mass is 515 g/mol. The maximum Gasteiger partial charge on any atom is 0.295 e. The first-order valence-electron chi connectivity index (χ1n) is 12.8. The lowest BCUT2D eigenvalue weighted by Crippen LogP contribution is -2.29. The Kier molecular flexibility index (Phi) is 7.07. The van der Waals surface area contributed by atoms with Crippen molar-refractivity contribution in [2.45, 2.75) is 52.5 Å². The van der Waals surface area contributed by atoms with Crippen molar-refractivity contribution >= 4 is 34.2 Å². The minimum absolute atomic E-state index is 0.0713. The van der Waals surface area contributed by atoms with Gasteiger partial charge in [0.2, 0.25) is 5.76 Å². The molecule has 3 aromatic carbocycles. The minimum Gasteiger partial charge on any atom is -0.494 e. The second-order valence-electron chi connectivity index (χ2n) is 9.64. The zero-order chi connectivity index (χ0) is 26.1. The molecule has 5 nitrogen and oxygen atoms in total. The van der Waals surface area contributed by atoms with Crippen LogP contribution in [0.4, 0.5) is 5.69 Å². The van der Waals surface area contributed by atoms with Gasteiger partial charge in [0.25, 0.3) is 5.91 Å². The van der Waals surface area contributed by atoms with Gasteiger partial charge in [0.05, 0.1) is 23.6 Å². The fraction of sp³-hybridized carbons (Fsp3) is 0.290. The second-order valence-corrected chi connectivity index (χ2v) is 10.1. The topological polar surface area (TPSA) is 59.8 Å². The van der Waals surface area contributed by atoms with Gasteiger partial charge < -0.3 is 9.15 Å². The van der Waals surface area contributed by atoms with E-state index in [9.17, 15) is 9.59 Å². The third kappa shape index (κ3) is 4.76. The Morgan fingerprint density at radius 2 is 1.70 bits per heavy atom. The fourth-order valence-corrected chi connectivity index (χ4v) is 5.09. The average molecular weight is 516 g/mol. The van der Waals surface area contributed by atoms with Gasteiger partial charge in [-0.25, -0.2) is 0 Å². The number of hydrogen-bond acceptors (Lipinski definition) is 4. The van der Waals surface area contributed by atoms with E-state index in [0.717, 1.165) is 35.3 Å². The van der Waals surface area contributed by atoms with E-state index >= 15 is 0 Å². The predicted molar refractivity (Wildman–Crippen MR) is 148 cm³/mol. The van der Waals surface area contributed by atoms with Gasteiger partial charge in [0, 0.05) is 10.7 Å². The van der Waals surface area contributed by atoms with Crippen LogP contribution in [0.5, 0.6) is 5.75 Å². The van der Waals surface area contributed by atoms with E-state index in [2.05, 4.69) is 6.92 Å². The summed E-state index contributed by atoms with van der Waals surface area (Å²) in [5.74, 6) is 0.466. The number of nitrogens with zero attached hydrogens (tertiary/aromatic N) is 1. The predicted octanol–water partition coefficient (Wildman–Crippen LogP) is 7.77. The number of carbonyl (C=O) groups excluding carboxylic acids is 1. The van der Waals surface area contributed by atoms with E-state index in [4.69, 9.17) is 20.8 Å². The molecule has 0 spiro atoms. The van der Waals surface area contributed by atoms with E-state index < -0.39 is 6.04 Å². The molecule has 190 valence electrons. The van der Waals surface area contributed by atoms with Crippen LogP contribution in [0.1, 0.15) is 71.5 Å². The van der Waals surface area contributed by atoms with E-state index in [1.165, 1.54) is 12.8 Å². The number of aryl methyl sites for hydroxylation is 2. The first-order chi connectivity index (χ1) is 17.9. The number of amides is 1. The van der Waals surface area contributed by atoms with E-state index in [0.29, 0.717) is 33.8 Å². The summed E-state index contributed by atoms with van der Waals surface area (Å²) in [6.45, 7) is 6.76. The van der Waals surface area contributed by atoms with Crippen molar-refractivity contribution in [3.8, 4) is 5.75 Å². The van der Waals surface area contributed by atoms with Gasteiger partial charge in [-0.1, -0.05) is 56.0 Å². The molecule has 2 heterocycles. The molecular formula is C31H30ClNO4. The van der Waals surface area contributed by atoms with Crippen LogP contribution in [-0.2, 0) is 0 Å². The molecule has 1 atom stereocenters. The summed E-state index contributed by atoms with van der Waals surface area (Å²) < 4.78 is 12.0. The number of unbranched alkanes of at least 4 members (excludes halogenated alkanes) is 3. The Morgan fingerprint density at radius 1 is 0.946 bits per heavy atom. The second kappa shape index (κ2) is 10.4. The van der Waals surface area contributed by atoms with Gasteiger partial charge in [-0.05, 0) is 79.4 Å². The first-order valence-corrected chi connectivity index (χ1v) is 13.2. The maximum absolute atomic E-state index is 13.9. The highest BCUT2D eigenvalue weighted by atomic mass is 35.5. The van der Waals surface area contributed by atoms with Gasteiger partial charge in [0.15, 0.2) is 5.43 Å². The molecule has 37 heavy (non-hydrogen) atoms. The summed E-state index contributed by atoms with van der Waals surface area (Å²) in [5, 5.41) is 0.974. The SMILES string of the molecule is CCCCCCOc1ccc(C2c3c(oc4cc(C)c(C)cc4c3=O)C(=O)N2c2cccc(Cl)c2)cc1. The summed E-state index contributed by atoms with van der Waals surface area (Å²) in [6.07, 6.45) is 4.54. The number of rotatable bonds is 8. The zero-order valence-corrected chi connectivity index (χ0v) is 22.1. The van der Waals surface area contributed by atoms with Crippen molar-refractivity contribution in [2.24, 2.45) is 0 Å². The van der Waals surface area contributed by atoms with Crippen molar-refractivity contribution in [3.05, 3.63) is 104 Å². The number of hydrogen-bond donors (Lipinski definition) is 0. The first kappa shape index (κ1) is 25.1. The van der Waals surface area contributed by atoms with Crippen LogP contribution in [0.2, 0.25) is 5.02 Å². The van der Waals surface area contributed by atoms with Crippen molar-refractivity contribution in [1.82, 2.24) is 0 Å². The molecule has 4 aromatic rings.